The number of anilines is 2. The summed E-state index contributed by atoms with van der Waals surface area (Å²) >= 11 is 0. The Hall–Kier alpha value is -2.50. The van der Waals surface area contributed by atoms with Crippen LogP contribution in [-0.4, -0.2) is 17.4 Å². The van der Waals surface area contributed by atoms with E-state index < -0.39 is 17.5 Å². The number of carbonyl (C=O) groups excluding carboxylic acids is 1. The predicted molar refractivity (Wildman–Crippen MR) is 86.6 cm³/mol. The maximum Gasteiger partial charge on any atom is 0.255 e. The van der Waals surface area contributed by atoms with Gasteiger partial charge >= 0.3 is 0 Å². The zero-order valence-electron chi connectivity index (χ0n) is 12.9. The fourth-order valence-electron chi connectivity index (χ4n) is 2.04. The topological polar surface area (TPSA) is 54.0 Å². The van der Waals surface area contributed by atoms with Gasteiger partial charge < -0.3 is 10.6 Å². The molecule has 1 heterocycles. The quantitative estimate of drug-likeness (QED) is 0.752. The third-order valence-electron chi connectivity index (χ3n) is 3.29. The number of unbranched alkanes of at least 4 members (excludes halogenated alkanes) is 2. The summed E-state index contributed by atoms with van der Waals surface area (Å²) in [6, 6.07) is 6.41. The number of rotatable bonds is 7. The molecule has 0 aliphatic heterocycles. The molecule has 0 atom stereocenters. The first-order valence-corrected chi connectivity index (χ1v) is 7.56. The van der Waals surface area contributed by atoms with E-state index in [2.05, 4.69) is 22.5 Å². The van der Waals surface area contributed by atoms with Crippen LogP contribution in [0.1, 0.15) is 36.5 Å². The van der Waals surface area contributed by atoms with E-state index in [1.54, 1.807) is 12.1 Å². The van der Waals surface area contributed by atoms with Gasteiger partial charge in [0, 0.05) is 30.1 Å². The predicted octanol–water partition coefficient (Wildman–Crippen LogP) is 4.21. The average molecular weight is 319 g/mol. The van der Waals surface area contributed by atoms with Crippen LogP contribution in [0.3, 0.4) is 0 Å². The first-order valence-electron chi connectivity index (χ1n) is 7.56. The average Bonchev–Trinajstić information content (AvgIpc) is 2.55. The van der Waals surface area contributed by atoms with Crippen molar-refractivity contribution in [2.45, 2.75) is 26.2 Å². The van der Waals surface area contributed by atoms with Crippen LogP contribution in [0.2, 0.25) is 0 Å². The molecule has 1 amide bonds. The number of hydrogen-bond acceptors (Lipinski definition) is 3. The van der Waals surface area contributed by atoms with Gasteiger partial charge in [0.2, 0.25) is 0 Å². The lowest BCUT2D eigenvalue weighted by atomic mass is 10.2. The van der Waals surface area contributed by atoms with Crippen molar-refractivity contribution in [3.8, 4) is 0 Å². The lowest BCUT2D eigenvalue weighted by Gasteiger charge is -2.08. The van der Waals surface area contributed by atoms with Crippen LogP contribution < -0.4 is 10.6 Å². The van der Waals surface area contributed by atoms with Crippen molar-refractivity contribution in [1.29, 1.82) is 0 Å². The highest BCUT2D eigenvalue weighted by atomic mass is 19.2. The van der Waals surface area contributed by atoms with Gasteiger partial charge in [-0.05, 0) is 30.7 Å². The fraction of sp³-hybridized carbons (Fsp3) is 0.294. The Morgan fingerprint density at radius 2 is 1.96 bits per heavy atom. The van der Waals surface area contributed by atoms with Crippen LogP contribution in [0.25, 0.3) is 0 Å². The summed E-state index contributed by atoms with van der Waals surface area (Å²) in [5.41, 5.74) is 0.589. The molecule has 0 bridgehead atoms. The summed E-state index contributed by atoms with van der Waals surface area (Å²) in [6.07, 6.45) is 4.82. The summed E-state index contributed by atoms with van der Waals surface area (Å²) in [4.78, 5) is 16.3. The molecule has 23 heavy (non-hydrogen) atoms. The highest BCUT2D eigenvalue weighted by molar-refractivity contribution is 6.04. The zero-order valence-corrected chi connectivity index (χ0v) is 12.9. The summed E-state index contributed by atoms with van der Waals surface area (Å²) in [6.45, 7) is 2.91. The van der Waals surface area contributed by atoms with Crippen molar-refractivity contribution >= 4 is 17.4 Å². The van der Waals surface area contributed by atoms with Crippen LogP contribution in [0.15, 0.2) is 36.5 Å². The van der Waals surface area contributed by atoms with E-state index in [-0.39, 0.29) is 5.69 Å². The maximum atomic E-state index is 13.2. The Morgan fingerprint density at radius 3 is 2.70 bits per heavy atom. The van der Waals surface area contributed by atoms with Crippen molar-refractivity contribution in [1.82, 2.24) is 4.98 Å². The molecule has 0 aliphatic carbocycles. The number of halogens is 2. The minimum atomic E-state index is -1.00. The molecule has 0 saturated heterocycles. The second-order valence-corrected chi connectivity index (χ2v) is 5.15. The van der Waals surface area contributed by atoms with Gasteiger partial charge in [0.25, 0.3) is 5.91 Å². The number of amides is 1. The zero-order chi connectivity index (χ0) is 16.7. The van der Waals surface area contributed by atoms with E-state index in [4.69, 9.17) is 0 Å². The molecule has 0 saturated carbocycles. The molecule has 1 aromatic heterocycles. The van der Waals surface area contributed by atoms with Gasteiger partial charge in [0.05, 0.1) is 0 Å². The molecule has 4 nitrogen and oxygen atoms in total. The fourth-order valence-corrected chi connectivity index (χ4v) is 2.04. The van der Waals surface area contributed by atoms with Gasteiger partial charge in [-0.2, -0.15) is 0 Å². The molecule has 2 aromatic rings. The molecule has 6 heteroatoms. The van der Waals surface area contributed by atoms with Crippen LogP contribution in [0.5, 0.6) is 0 Å². The maximum absolute atomic E-state index is 13.2. The standard InChI is InChI=1S/C17H19F2N3O/c1-2-3-4-8-20-16-10-12(7-9-21-16)17(23)22-13-5-6-14(18)15(19)11-13/h5-7,9-11H,2-4,8H2,1H3,(H,20,21)(H,22,23). The number of pyridine rings is 1. The van der Waals surface area contributed by atoms with E-state index in [0.717, 1.165) is 37.9 Å². The number of nitrogens with zero attached hydrogens (tertiary/aromatic N) is 1. The molecule has 0 spiro atoms. The Labute approximate surface area is 133 Å². The number of nitrogens with one attached hydrogen (secondary N) is 2. The van der Waals surface area contributed by atoms with Crippen molar-refractivity contribution in [3.05, 3.63) is 53.7 Å². The minimum Gasteiger partial charge on any atom is -0.370 e. The first-order chi connectivity index (χ1) is 11.1. The number of benzene rings is 1. The number of carbonyl (C=O) groups is 1. The molecule has 122 valence electrons. The van der Waals surface area contributed by atoms with E-state index in [9.17, 15) is 13.6 Å². The first kappa shape index (κ1) is 16.9. The number of hydrogen-bond donors (Lipinski definition) is 2. The summed E-state index contributed by atoms with van der Waals surface area (Å²) < 4.78 is 26.0. The Bertz CT molecular complexity index is 677. The second kappa shape index (κ2) is 8.22. The van der Waals surface area contributed by atoms with Gasteiger partial charge in [0.15, 0.2) is 11.6 Å². The van der Waals surface area contributed by atoms with Crippen molar-refractivity contribution in [3.63, 3.8) is 0 Å². The molecule has 2 rings (SSSR count). The van der Waals surface area contributed by atoms with Gasteiger partial charge in [-0.25, -0.2) is 13.8 Å². The third-order valence-corrected chi connectivity index (χ3v) is 3.29. The van der Waals surface area contributed by atoms with Crippen molar-refractivity contribution in [2.75, 3.05) is 17.2 Å². The van der Waals surface area contributed by atoms with Gasteiger partial charge in [-0.15, -0.1) is 0 Å². The molecule has 2 N–H and O–H groups in total. The molecular formula is C17H19F2N3O. The lowest BCUT2D eigenvalue weighted by molar-refractivity contribution is 0.102. The Kier molecular flexibility index (Phi) is 6.02. The summed E-state index contributed by atoms with van der Waals surface area (Å²) in [7, 11) is 0. The van der Waals surface area contributed by atoms with Crippen molar-refractivity contribution in [2.24, 2.45) is 0 Å². The molecule has 0 fully saturated rings. The highest BCUT2D eigenvalue weighted by Crippen LogP contribution is 2.15. The van der Waals surface area contributed by atoms with Gasteiger partial charge in [0.1, 0.15) is 5.82 Å². The lowest BCUT2D eigenvalue weighted by Crippen LogP contribution is -2.13. The van der Waals surface area contributed by atoms with Crippen LogP contribution in [0.4, 0.5) is 20.3 Å². The number of aromatic nitrogens is 1. The van der Waals surface area contributed by atoms with Gasteiger partial charge in [-0.1, -0.05) is 19.8 Å². The smallest absolute Gasteiger partial charge is 0.255 e. The summed E-state index contributed by atoms with van der Waals surface area (Å²) in [5, 5.41) is 5.68. The Morgan fingerprint density at radius 1 is 1.13 bits per heavy atom. The minimum absolute atomic E-state index is 0.197. The molecular weight excluding hydrogens is 300 g/mol. The SMILES string of the molecule is CCCCCNc1cc(C(=O)Nc2ccc(F)c(F)c2)ccn1. The Balaban J connectivity index is 2.00. The molecule has 0 aliphatic rings. The summed E-state index contributed by atoms with van der Waals surface area (Å²) in [5.74, 6) is -1.75. The second-order valence-electron chi connectivity index (χ2n) is 5.15. The van der Waals surface area contributed by atoms with Crippen molar-refractivity contribution < 1.29 is 13.6 Å². The van der Waals surface area contributed by atoms with E-state index in [1.807, 2.05) is 0 Å². The van der Waals surface area contributed by atoms with Gasteiger partial charge in [-0.3, -0.25) is 4.79 Å². The molecule has 1 aromatic carbocycles. The van der Waals surface area contributed by atoms with E-state index >= 15 is 0 Å². The largest absolute Gasteiger partial charge is 0.370 e. The van der Waals surface area contributed by atoms with Crippen LogP contribution >= 0.6 is 0 Å². The monoisotopic (exact) mass is 319 g/mol. The van der Waals surface area contributed by atoms with E-state index in [0.29, 0.717) is 11.4 Å². The molecule has 0 radical (unpaired) electrons. The third kappa shape index (κ3) is 5.02. The molecule has 0 unspecified atom stereocenters. The van der Waals surface area contributed by atoms with Crippen LogP contribution in [-0.2, 0) is 0 Å². The highest BCUT2D eigenvalue weighted by Gasteiger charge is 2.09. The van der Waals surface area contributed by atoms with E-state index in [1.165, 1.54) is 12.3 Å². The normalized spacial score (nSPS) is 10.4. The van der Waals surface area contributed by atoms with Crippen LogP contribution in [0, 0.1) is 11.6 Å².